The van der Waals surface area contributed by atoms with E-state index >= 15 is 0 Å². The lowest BCUT2D eigenvalue weighted by Gasteiger charge is -2.33. The minimum absolute atomic E-state index is 0.0532. The second kappa shape index (κ2) is 6.70. The number of hydrogen-bond acceptors (Lipinski definition) is 2. The Morgan fingerprint density at radius 3 is 2.55 bits per heavy atom. The quantitative estimate of drug-likeness (QED) is 0.774. The fraction of sp³-hybridized carbons (Fsp3) is 0.529. The summed E-state index contributed by atoms with van der Waals surface area (Å²) in [5.41, 5.74) is 5.31. The second-order valence-corrected chi connectivity index (χ2v) is 11.6. The molecule has 1 saturated heterocycles. The normalized spacial score (nSPS) is 25.9. The minimum Gasteiger partial charge on any atom is -0.356 e. The Kier molecular flexibility index (Phi) is 5.19. The van der Waals surface area contributed by atoms with Crippen molar-refractivity contribution in [3.63, 3.8) is 0 Å². The van der Waals surface area contributed by atoms with Gasteiger partial charge >= 0.3 is 0 Å². The third-order valence-corrected chi connectivity index (χ3v) is 4.78. The summed E-state index contributed by atoms with van der Waals surface area (Å²) in [4.78, 5) is 0. The number of benzene rings is 1. The molecule has 0 spiro atoms. The molecule has 1 fully saturated rings. The Morgan fingerprint density at radius 1 is 1.25 bits per heavy atom. The molecule has 110 valence electrons. The van der Waals surface area contributed by atoms with Crippen LogP contribution in [0.4, 0.5) is 0 Å². The summed E-state index contributed by atoms with van der Waals surface area (Å²) in [6.07, 6.45) is 3.13. The van der Waals surface area contributed by atoms with Crippen molar-refractivity contribution in [2.24, 2.45) is 0 Å². The Bertz CT molecular complexity index is 448. The first-order valence-electron chi connectivity index (χ1n) is 7.42. The standard InChI is InChI=1S/C17H26O2Si/c1-18-17-11-10-15(13-20(2,3)4)16(19-17)12-14-8-6-5-7-9-14/h5-9,13,16-17H,10-12H2,1-4H3/b15-13-. The molecule has 2 rings (SSSR count). The molecule has 0 radical (unpaired) electrons. The molecule has 1 heterocycles. The minimum atomic E-state index is -1.22. The van der Waals surface area contributed by atoms with Crippen LogP contribution < -0.4 is 0 Å². The van der Waals surface area contributed by atoms with Gasteiger partial charge in [0.05, 0.1) is 14.2 Å². The van der Waals surface area contributed by atoms with E-state index in [-0.39, 0.29) is 12.4 Å². The van der Waals surface area contributed by atoms with Crippen LogP contribution >= 0.6 is 0 Å². The molecule has 2 nitrogen and oxygen atoms in total. The highest BCUT2D eigenvalue weighted by Crippen LogP contribution is 2.29. The van der Waals surface area contributed by atoms with Crippen molar-refractivity contribution in [2.45, 2.75) is 51.3 Å². The van der Waals surface area contributed by atoms with Crippen molar-refractivity contribution in [3.05, 3.63) is 47.2 Å². The third-order valence-electron chi connectivity index (χ3n) is 3.54. The maximum atomic E-state index is 6.13. The SMILES string of the molecule is COC1CC/C(=C/[Si](C)(C)C)C(Cc2ccccc2)O1. The molecule has 1 aliphatic rings. The first-order chi connectivity index (χ1) is 9.48. The largest absolute Gasteiger partial charge is 0.356 e. The highest BCUT2D eigenvalue weighted by Gasteiger charge is 2.28. The number of hydrogen-bond donors (Lipinski definition) is 0. The fourth-order valence-electron chi connectivity index (χ4n) is 2.69. The summed E-state index contributed by atoms with van der Waals surface area (Å²) in [6, 6.07) is 10.6. The highest BCUT2D eigenvalue weighted by molar-refractivity contribution is 6.81. The average molecular weight is 290 g/mol. The summed E-state index contributed by atoms with van der Waals surface area (Å²) in [7, 11) is 0.515. The molecule has 2 atom stereocenters. The summed E-state index contributed by atoms with van der Waals surface area (Å²) < 4.78 is 11.5. The van der Waals surface area contributed by atoms with Crippen LogP contribution in [0, 0.1) is 0 Å². The molecule has 20 heavy (non-hydrogen) atoms. The van der Waals surface area contributed by atoms with Gasteiger partial charge in [-0.3, -0.25) is 0 Å². The van der Waals surface area contributed by atoms with Crippen LogP contribution in [0.25, 0.3) is 0 Å². The first kappa shape index (κ1) is 15.5. The summed E-state index contributed by atoms with van der Waals surface area (Å²) in [5, 5.41) is 0. The Morgan fingerprint density at radius 2 is 1.95 bits per heavy atom. The molecular weight excluding hydrogens is 264 g/mol. The molecule has 0 aromatic heterocycles. The van der Waals surface area contributed by atoms with Crippen LogP contribution in [-0.2, 0) is 15.9 Å². The predicted molar refractivity (Wildman–Crippen MR) is 86.5 cm³/mol. The van der Waals surface area contributed by atoms with Gasteiger partial charge in [-0.15, -0.1) is 0 Å². The summed E-state index contributed by atoms with van der Waals surface area (Å²) in [5.74, 6) is 0. The fourth-order valence-corrected chi connectivity index (χ4v) is 4.13. The molecule has 1 aliphatic heterocycles. The lowest BCUT2D eigenvalue weighted by atomic mass is 9.96. The Hall–Kier alpha value is -0.903. The lowest BCUT2D eigenvalue weighted by Crippen LogP contribution is -2.34. The molecule has 3 heteroatoms. The van der Waals surface area contributed by atoms with E-state index in [1.165, 1.54) is 11.1 Å². The predicted octanol–water partition coefficient (Wildman–Crippen LogP) is 4.18. The molecule has 0 amide bonds. The first-order valence-corrected chi connectivity index (χ1v) is 11.0. The van der Waals surface area contributed by atoms with Gasteiger partial charge in [0.25, 0.3) is 0 Å². The maximum Gasteiger partial charge on any atom is 0.158 e. The van der Waals surface area contributed by atoms with Gasteiger partial charge in [-0.05, 0) is 17.6 Å². The summed E-state index contributed by atoms with van der Waals surface area (Å²) in [6.45, 7) is 7.13. The molecular formula is C17H26O2Si. The van der Waals surface area contributed by atoms with Crippen LogP contribution in [0.1, 0.15) is 18.4 Å². The number of ether oxygens (including phenoxy) is 2. The van der Waals surface area contributed by atoms with E-state index in [4.69, 9.17) is 9.47 Å². The van der Waals surface area contributed by atoms with Gasteiger partial charge < -0.3 is 9.47 Å². The van der Waals surface area contributed by atoms with E-state index in [0.29, 0.717) is 0 Å². The van der Waals surface area contributed by atoms with E-state index in [0.717, 1.165) is 19.3 Å². The van der Waals surface area contributed by atoms with Gasteiger partial charge in [-0.25, -0.2) is 0 Å². The molecule has 0 saturated carbocycles. The zero-order valence-corrected chi connectivity index (χ0v) is 14.1. The van der Waals surface area contributed by atoms with Crippen molar-refractivity contribution < 1.29 is 9.47 Å². The van der Waals surface area contributed by atoms with E-state index in [1.54, 1.807) is 7.11 Å². The number of rotatable bonds is 4. The molecule has 0 aliphatic carbocycles. The zero-order chi connectivity index (χ0) is 14.6. The van der Waals surface area contributed by atoms with E-state index in [1.807, 2.05) is 0 Å². The molecule has 0 bridgehead atoms. The van der Waals surface area contributed by atoms with Crippen LogP contribution in [0.5, 0.6) is 0 Å². The van der Waals surface area contributed by atoms with Crippen molar-refractivity contribution in [1.29, 1.82) is 0 Å². The van der Waals surface area contributed by atoms with Crippen LogP contribution in [-0.4, -0.2) is 27.6 Å². The molecule has 1 aromatic rings. The van der Waals surface area contributed by atoms with Crippen LogP contribution in [0.2, 0.25) is 19.6 Å². The Balaban J connectivity index is 2.16. The third kappa shape index (κ3) is 4.58. The number of methoxy groups -OCH3 is 1. The second-order valence-electron chi connectivity index (χ2n) is 6.60. The van der Waals surface area contributed by atoms with Gasteiger partial charge in [0.1, 0.15) is 0 Å². The van der Waals surface area contributed by atoms with Gasteiger partial charge in [0.15, 0.2) is 6.29 Å². The van der Waals surface area contributed by atoms with Crippen LogP contribution in [0.3, 0.4) is 0 Å². The van der Waals surface area contributed by atoms with Gasteiger partial charge in [0.2, 0.25) is 0 Å². The monoisotopic (exact) mass is 290 g/mol. The highest BCUT2D eigenvalue weighted by atomic mass is 28.3. The van der Waals surface area contributed by atoms with E-state index < -0.39 is 8.07 Å². The maximum absolute atomic E-state index is 6.13. The van der Waals surface area contributed by atoms with Crippen molar-refractivity contribution >= 4 is 8.07 Å². The van der Waals surface area contributed by atoms with Gasteiger partial charge in [-0.1, -0.05) is 55.7 Å². The lowest BCUT2D eigenvalue weighted by molar-refractivity contribution is -0.162. The van der Waals surface area contributed by atoms with Crippen LogP contribution in [0.15, 0.2) is 41.6 Å². The van der Waals surface area contributed by atoms with Gasteiger partial charge in [0, 0.05) is 20.0 Å². The Labute approximate surface area is 123 Å². The smallest absolute Gasteiger partial charge is 0.158 e. The van der Waals surface area contributed by atoms with Crippen molar-refractivity contribution in [1.82, 2.24) is 0 Å². The molecule has 2 unspecified atom stereocenters. The molecule has 1 aromatic carbocycles. The average Bonchev–Trinajstić information content (AvgIpc) is 2.40. The zero-order valence-electron chi connectivity index (χ0n) is 13.1. The van der Waals surface area contributed by atoms with Gasteiger partial charge in [-0.2, -0.15) is 0 Å². The topological polar surface area (TPSA) is 18.5 Å². The van der Waals surface area contributed by atoms with E-state index in [2.05, 4.69) is 55.7 Å². The van der Waals surface area contributed by atoms with Crippen molar-refractivity contribution in [2.75, 3.05) is 7.11 Å². The van der Waals surface area contributed by atoms with Crippen molar-refractivity contribution in [3.8, 4) is 0 Å². The molecule has 0 N–H and O–H groups in total. The summed E-state index contributed by atoms with van der Waals surface area (Å²) >= 11 is 0. The van der Waals surface area contributed by atoms with E-state index in [9.17, 15) is 0 Å².